The number of carbonyl (C=O) groups is 1. The lowest BCUT2D eigenvalue weighted by molar-refractivity contribution is 0.0696. The molecule has 0 fully saturated rings. The minimum atomic E-state index is -1.000. The molecule has 0 spiro atoms. The summed E-state index contributed by atoms with van der Waals surface area (Å²) in [7, 11) is 0. The molecule has 1 aromatic heterocycles. The highest BCUT2D eigenvalue weighted by atomic mass is 35.5. The van der Waals surface area contributed by atoms with Crippen LogP contribution in [0.3, 0.4) is 0 Å². The van der Waals surface area contributed by atoms with Crippen molar-refractivity contribution >= 4 is 29.8 Å². The van der Waals surface area contributed by atoms with Crippen LogP contribution in [0.5, 0.6) is 5.75 Å². The number of aromatic carboxylic acids is 1. The van der Waals surface area contributed by atoms with Gasteiger partial charge in [-0.2, -0.15) is 5.10 Å². The van der Waals surface area contributed by atoms with Gasteiger partial charge >= 0.3 is 5.97 Å². The van der Waals surface area contributed by atoms with Crippen LogP contribution in [-0.4, -0.2) is 30.9 Å². The summed E-state index contributed by atoms with van der Waals surface area (Å²) in [5, 5.41) is 26.5. The second-order valence-corrected chi connectivity index (χ2v) is 5.93. The first kappa shape index (κ1) is 16.2. The van der Waals surface area contributed by atoms with Gasteiger partial charge in [-0.1, -0.05) is 23.7 Å². The Balaban J connectivity index is 2.05. The van der Waals surface area contributed by atoms with E-state index in [4.69, 9.17) is 28.9 Å². The molecule has 8 heteroatoms. The molecular weight excluding hydrogens is 350 g/mol. The lowest BCUT2D eigenvalue weighted by Gasteiger charge is -2.09. The number of hydrogen-bond donors (Lipinski definition) is 3. The van der Waals surface area contributed by atoms with Gasteiger partial charge in [0.2, 0.25) is 0 Å². The standard InChI is InChI=1S/C16H12ClN3O3S/c17-11-4-5-13(21)12(7-11)14-18-19-16(24)20(14)8-9-2-1-3-10(6-9)15(22)23/h1-7,21H,8H2,(H,19,24)(H,22,23). The van der Waals surface area contributed by atoms with Crippen LogP contribution < -0.4 is 0 Å². The fourth-order valence-electron chi connectivity index (χ4n) is 2.34. The van der Waals surface area contributed by atoms with E-state index in [1.807, 2.05) is 0 Å². The Morgan fingerprint density at radius 2 is 2.08 bits per heavy atom. The molecule has 6 nitrogen and oxygen atoms in total. The number of H-pyrrole nitrogens is 1. The second-order valence-electron chi connectivity index (χ2n) is 5.11. The van der Waals surface area contributed by atoms with Crippen molar-refractivity contribution < 1.29 is 15.0 Å². The van der Waals surface area contributed by atoms with Gasteiger partial charge in [0, 0.05) is 5.02 Å². The number of benzene rings is 2. The van der Waals surface area contributed by atoms with E-state index in [1.165, 1.54) is 12.1 Å². The lowest BCUT2D eigenvalue weighted by Crippen LogP contribution is -2.04. The van der Waals surface area contributed by atoms with Crippen molar-refractivity contribution in [1.29, 1.82) is 0 Å². The fraction of sp³-hybridized carbons (Fsp3) is 0.0625. The van der Waals surface area contributed by atoms with Crippen LogP contribution in [0.4, 0.5) is 0 Å². The van der Waals surface area contributed by atoms with E-state index in [-0.39, 0.29) is 11.3 Å². The normalized spacial score (nSPS) is 10.7. The number of rotatable bonds is 4. The van der Waals surface area contributed by atoms with Crippen molar-refractivity contribution in [3.8, 4) is 17.1 Å². The van der Waals surface area contributed by atoms with Crippen LogP contribution in [0.15, 0.2) is 42.5 Å². The molecule has 0 saturated carbocycles. The molecule has 0 aliphatic carbocycles. The zero-order chi connectivity index (χ0) is 17.3. The monoisotopic (exact) mass is 361 g/mol. The van der Waals surface area contributed by atoms with Gasteiger partial charge in [-0.25, -0.2) is 4.79 Å². The molecule has 3 N–H and O–H groups in total. The molecule has 0 saturated heterocycles. The average molecular weight is 362 g/mol. The molecule has 2 aromatic carbocycles. The van der Waals surface area contributed by atoms with Crippen LogP contribution in [0.2, 0.25) is 5.02 Å². The summed E-state index contributed by atoms with van der Waals surface area (Å²) in [6.45, 7) is 0.303. The minimum absolute atomic E-state index is 0.0222. The van der Waals surface area contributed by atoms with Crippen molar-refractivity contribution in [2.75, 3.05) is 0 Å². The van der Waals surface area contributed by atoms with E-state index in [9.17, 15) is 9.90 Å². The number of nitrogens with zero attached hydrogens (tertiary/aromatic N) is 2. The summed E-state index contributed by atoms with van der Waals surface area (Å²) in [5.41, 5.74) is 1.37. The Hall–Kier alpha value is -2.64. The highest BCUT2D eigenvalue weighted by Gasteiger charge is 2.14. The van der Waals surface area contributed by atoms with Gasteiger partial charge in [0.25, 0.3) is 0 Å². The number of phenols is 1. The van der Waals surface area contributed by atoms with Crippen LogP contribution in [0.25, 0.3) is 11.4 Å². The molecule has 0 bridgehead atoms. The number of halogens is 1. The molecule has 0 aliphatic heterocycles. The van der Waals surface area contributed by atoms with Crippen molar-refractivity contribution in [3.05, 3.63) is 63.4 Å². The number of aromatic nitrogens is 3. The molecule has 0 amide bonds. The van der Waals surface area contributed by atoms with Gasteiger partial charge in [0.15, 0.2) is 10.6 Å². The van der Waals surface area contributed by atoms with E-state index in [1.54, 1.807) is 34.9 Å². The zero-order valence-electron chi connectivity index (χ0n) is 12.2. The van der Waals surface area contributed by atoms with Gasteiger partial charge in [0.1, 0.15) is 5.75 Å². The number of phenolic OH excluding ortho intramolecular Hbond substituents is 1. The fourth-order valence-corrected chi connectivity index (χ4v) is 2.71. The molecular formula is C16H12ClN3O3S. The van der Waals surface area contributed by atoms with Crippen LogP contribution in [-0.2, 0) is 6.54 Å². The van der Waals surface area contributed by atoms with Crippen molar-refractivity contribution in [2.45, 2.75) is 6.54 Å². The number of aromatic amines is 1. The van der Waals surface area contributed by atoms with Crippen molar-refractivity contribution in [2.24, 2.45) is 0 Å². The molecule has 0 unspecified atom stereocenters. The minimum Gasteiger partial charge on any atom is -0.507 e. The molecule has 0 aliphatic rings. The van der Waals surface area contributed by atoms with Crippen LogP contribution >= 0.6 is 23.8 Å². The lowest BCUT2D eigenvalue weighted by atomic mass is 10.1. The summed E-state index contributed by atoms with van der Waals surface area (Å²) in [4.78, 5) is 11.1. The molecule has 0 radical (unpaired) electrons. The summed E-state index contributed by atoms with van der Waals surface area (Å²) < 4.78 is 2.02. The van der Waals surface area contributed by atoms with Gasteiger partial charge in [-0.15, -0.1) is 0 Å². The van der Waals surface area contributed by atoms with Gasteiger partial charge < -0.3 is 10.2 Å². The van der Waals surface area contributed by atoms with E-state index in [0.29, 0.717) is 27.7 Å². The highest BCUT2D eigenvalue weighted by molar-refractivity contribution is 7.71. The SMILES string of the molecule is O=C(O)c1cccc(Cn2c(-c3cc(Cl)ccc3O)n[nH]c2=S)c1. The van der Waals surface area contributed by atoms with E-state index in [2.05, 4.69) is 10.2 Å². The van der Waals surface area contributed by atoms with Crippen molar-refractivity contribution in [1.82, 2.24) is 14.8 Å². The maximum atomic E-state index is 11.1. The van der Waals surface area contributed by atoms with E-state index < -0.39 is 5.97 Å². The van der Waals surface area contributed by atoms with Crippen molar-refractivity contribution in [3.63, 3.8) is 0 Å². The Labute approximate surface area is 147 Å². The summed E-state index contributed by atoms with van der Waals surface area (Å²) in [6.07, 6.45) is 0. The Kier molecular flexibility index (Phi) is 4.37. The Bertz CT molecular complexity index is 981. The smallest absolute Gasteiger partial charge is 0.335 e. The number of hydrogen-bond acceptors (Lipinski definition) is 4. The Morgan fingerprint density at radius 1 is 1.29 bits per heavy atom. The topological polar surface area (TPSA) is 91.1 Å². The molecule has 3 rings (SSSR count). The maximum absolute atomic E-state index is 11.1. The van der Waals surface area contributed by atoms with Crippen LogP contribution in [0, 0.1) is 4.77 Å². The first-order chi connectivity index (χ1) is 11.5. The van der Waals surface area contributed by atoms with Gasteiger partial charge in [0.05, 0.1) is 17.7 Å². The van der Waals surface area contributed by atoms with E-state index >= 15 is 0 Å². The molecule has 24 heavy (non-hydrogen) atoms. The number of carboxylic acid groups (broad SMARTS) is 1. The third-order valence-electron chi connectivity index (χ3n) is 3.47. The van der Waals surface area contributed by atoms with Crippen LogP contribution in [0.1, 0.15) is 15.9 Å². The first-order valence-corrected chi connectivity index (χ1v) is 7.70. The average Bonchev–Trinajstić information content (AvgIpc) is 2.91. The zero-order valence-corrected chi connectivity index (χ0v) is 13.8. The number of nitrogens with one attached hydrogen (secondary N) is 1. The first-order valence-electron chi connectivity index (χ1n) is 6.92. The molecule has 1 heterocycles. The molecule has 0 atom stereocenters. The predicted octanol–water partition coefficient (Wildman–Crippen LogP) is 3.71. The Morgan fingerprint density at radius 3 is 2.83 bits per heavy atom. The third kappa shape index (κ3) is 3.17. The summed E-state index contributed by atoms with van der Waals surface area (Å²) in [6, 6.07) is 11.2. The predicted molar refractivity (Wildman–Crippen MR) is 92.0 cm³/mol. The number of carboxylic acids is 1. The summed E-state index contributed by atoms with van der Waals surface area (Å²) in [5.74, 6) is -0.560. The second kappa shape index (κ2) is 6.46. The highest BCUT2D eigenvalue weighted by Crippen LogP contribution is 2.30. The van der Waals surface area contributed by atoms with E-state index in [0.717, 1.165) is 5.56 Å². The maximum Gasteiger partial charge on any atom is 0.335 e. The quantitative estimate of drug-likeness (QED) is 0.616. The molecule has 122 valence electrons. The molecule has 3 aromatic rings. The third-order valence-corrected chi connectivity index (χ3v) is 4.02. The van der Waals surface area contributed by atoms with Gasteiger partial charge in [-0.05, 0) is 48.1 Å². The summed E-state index contributed by atoms with van der Waals surface area (Å²) >= 11 is 11.2. The number of aromatic hydroxyl groups is 1. The largest absolute Gasteiger partial charge is 0.507 e. The van der Waals surface area contributed by atoms with Gasteiger partial charge in [-0.3, -0.25) is 9.67 Å².